The van der Waals surface area contributed by atoms with Gasteiger partial charge in [-0.15, -0.1) is 0 Å². The van der Waals surface area contributed by atoms with Crippen molar-refractivity contribution in [2.45, 2.75) is 32.4 Å². The van der Waals surface area contributed by atoms with Crippen LogP contribution in [-0.2, 0) is 11.3 Å². The summed E-state index contributed by atoms with van der Waals surface area (Å²) in [4.78, 5) is 14.2. The highest BCUT2D eigenvalue weighted by Gasteiger charge is 2.22. The van der Waals surface area contributed by atoms with E-state index >= 15 is 0 Å². The Morgan fingerprint density at radius 2 is 2.20 bits per heavy atom. The van der Waals surface area contributed by atoms with Gasteiger partial charge in [-0.25, -0.2) is 0 Å². The monoisotopic (exact) mass is 272 g/mol. The molecule has 0 unspecified atom stereocenters. The Morgan fingerprint density at radius 1 is 1.40 bits per heavy atom. The quantitative estimate of drug-likeness (QED) is 0.908. The molecule has 1 aliphatic rings. The fraction of sp³-hybridized carbons (Fsp3) is 0.438. The number of fused-ring (bicyclic) bond motifs is 1. The van der Waals surface area contributed by atoms with E-state index in [1.54, 1.807) is 4.90 Å². The van der Waals surface area contributed by atoms with Gasteiger partial charge in [-0.2, -0.15) is 0 Å². The lowest BCUT2D eigenvalue weighted by atomic mass is 10.1. The van der Waals surface area contributed by atoms with Crippen LogP contribution in [0.25, 0.3) is 10.9 Å². The maximum atomic E-state index is 12.4. The van der Waals surface area contributed by atoms with Crippen LogP contribution in [0.4, 0.5) is 0 Å². The van der Waals surface area contributed by atoms with Crippen molar-refractivity contribution >= 4 is 16.8 Å². The summed E-state index contributed by atoms with van der Waals surface area (Å²) >= 11 is 0. The molecular weight excluding hydrogens is 252 g/mol. The molecule has 0 spiro atoms. The molecule has 0 saturated carbocycles. The Labute approximate surface area is 118 Å². The number of hydrogen-bond donors (Lipinski definition) is 1. The average molecular weight is 272 g/mol. The summed E-state index contributed by atoms with van der Waals surface area (Å²) in [5, 5.41) is 10.8. The zero-order valence-corrected chi connectivity index (χ0v) is 11.7. The van der Waals surface area contributed by atoms with E-state index in [0.29, 0.717) is 13.1 Å². The Hall–Kier alpha value is -1.81. The molecule has 1 atom stereocenters. The smallest absolute Gasteiger partial charge is 0.242 e. The van der Waals surface area contributed by atoms with Gasteiger partial charge in [0.2, 0.25) is 5.91 Å². The van der Waals surface area contributed by atoms with Gasteiger partial charge < -0.3 is 14.6 Å². The number of nitrogens with zero attached hydrogens (tertiary/aromatic N) is 2. The van der Waals surface area contributed by atoms with Gasteiger partial charge in [0.25, 0.3) is 0 Å². The number of aryl methyl sites for hydroxylation is 1. The van der Waals surface area contributed by atoms with Crippen LogP contribution in [0.2, 0.25) is 0 Å². The van der Waals surface area contributed by atoms with Gasteiger partial charge in [-0.3, -0.25) is 4.79 Å². The molecule has 20 heavy (non-hydrogen) atoms. The van der Waals surface area contributed by atoms with Crippen LogP contribution in [0.3, 0.4) is 0 Å². The van der Waals surface area contributed by atoms with E-state index in [2.05, 4.69) is 16.7 Å². The Bertz CT molecular complexity index is 632. The molecule has 0 radical (unpaired) electrons. The lowest BCUT2D eigenvalue weighted by Crippen LogP contribution is -2.43. The number of carbonyl (C=O) groups excluding carboxylic acids is 1. The highest BCUT2D eigenvalue weighted by Crippen LogP contribution is 2.20. The van der Waals surface area contributed by atoms with Crippen LogP contribution in [0.5, 0.6) is 0 Å². The number of amides is 1. The Kier molecular flexibility index (Phi) is 3.49. The summed E-state index contributed by atoms with van der Waals surface area (Å²) in [6, 6.07) is 10.2. The topological polar surface area (TPSA) is 45.5 Å². The molecule has 1 aromatic carbocycles. The van der Waals surface area contributed by atoms with Crippen molar-refractivity contribution in [3.63, 3.8) is 0 Å². The molecule has 1 aromatic heterocycles. The molecule has 1 N–H and O–H groups in total. The first-order chi connectivity index (χ1) is 9.65. The molecular formula is C16H20N2O2. The summed E-state index contributed by atoms with van der Waals surface area (Å²) in [5.74, 6) is 0.0909. The zero-order valence-electron chi connectivity index (χ0n) is 11.7. The lowest BCUT2D eigenvalue weighted by molar-refractivity contribution is -0.134. The molecule has 1 amide bonds. The van der Waals surface area contributed by atoms with E-state index in [4.69, 9.17) is 0 Å². The predicted octanol–water partition coefficient (Wildman–Crippen LogP) is 1.93. The van der Waals surface area contributed by atoms with Gasteiger partial charge in [0.1, 0.15) is 6.54 Å². The summed E-state index contributed by atoms with van der Waals surface area (Å²) in [6.45, 7) is 3.61. The first kappa shape index (κ1) is 13.2. The number of aliphatic hydroxyl groups excluding tert-OH is 1. The molecule has 1 aliphatic heterocycles. The van der Waals surface area contributed by atoms with Crippen LogP contribution < -0.4 is 0 Å². The van der Waals surface area contributed by atoms with E-state index in [0.717, 1.165) is 36.0 Å². The van der Waals surface area contributed by atoms with Crippen molar-refractivity contribution in [2.75, 3.05) is 13.1 Å². The summed E-state index contributed by atoms with van der Waals surface area (Å²) < 4.78 is 2.05. The van der Waals surface area contributed by atoms with Gasteiger partial charge >= 0.3 is 0 Å². The van der Waals surface area contributed by atoms with Gasteiger partial charge in [-0.05, 0) is 37.3 Å². The van der Waals surface area contributed by atoms with Gasteiger partial charge in [0, 0.05) is 24.3 Å². The van der Waals surface area contributed by atoms with Crippen LogP contribution in [0.15, 0.2) is 30.3 Å². The molecule has 2 aromatic rings. The average Bonchev–Trinajstić information content (AvgIpc) is 2.75. The standard InChI is InChI=1S/C16H20N2O2/c1-12-9-13-5-2-3-7-15(13)18(12)11-16(20)17-8-4-6-14(19)10-17/h2-3,5,7,9,14,19H,4,6,8,10-11H2,1H3/t14-/m0/s1. The first-order valence-corrected chi connectivity index (χ1v) is 7.16. The van der Waals surface area contributed by atoms with Crippen molar-refractivity contribution < 1.29 is 9.90 Å². The van der Waals surface area contributed by atoms with Crippen LogP contribution >= 0.6 is 0 Å². The van der Waals surface area contributed by atoms with E-state index in [1.807, 2.05) is 25.1 Å². The largest absolute Gasteiger partial charge is 0.391 e. The number of aliphatic hydroxyl groups is 1. The lowest BCUT2D eigenvalue weighted by Gasteiger charge is -2.30. The fourth-order valence-corrected chi connectivity index (χ4v) is 2.97. The van der Waals surface area contributed by atoms with E-state index in [1.165, 1.54) is 0 Å². The molecule has 1 fully saturated rings. The van der Waals surface area contributed by atoms with Gasteiger partial charge in [-0.1, -0.05) is 18.2 Å². The van der Waals surface area contributed by atoms with Crippen molar-refractivity contribution in [3.8, 4) is 0 Å². The minimum absolute atomic E-state index is 0.0909. The van der Waals surface area contributed by atoms with Crippen LogP contribution in [0, 0.1) is 6.92 Å². The SMILES string of the molecule is Cc1cc2ccccc2n1CC(=O)N1CCC[C@H](O)C1. The highest BCUT2D eigenvalue weighted by molar-refractivity contribution is 5.84. The van der Waals surface area contributed by atoms with E-state index in [9.17, 15) is 9.90 Å². The zero-order chi connectivity index (χ0) is 14.1. The first-order valence-electron chi connectivity index (χ1n) is 7.16. The van der Waals surface area contributed by atoms with Gasteiger partial charge in [0.05, 0.1) is 6.10 Å². The molecule has 2 heterocycles. The van der Waals surface area contributed by atoms with E-state index in [-0.39, 0.29) is 12.0 Å². The van der Waals surface area contributed by atoms with Crippen molar-refractivity contribution in [2.24, 2.45) is 0 Å². The Morgan fingerprint density at radius 3 is 3.00 bits per heavy atom. The fourth-order valence-electron chi connectivity index (χ4n) is 2.97. The van der Waals surface area contributed by atoms with Crippen LogP contribution in [0.1, 0.15) is 18.5 Å². The minimum atomic E-state index is -0.366. The number of likely N-dealkylation sites (tertiary alicyclic amines) is 1. The number of benzene rings is 1. The number of carbonyl (C=O) groups is 1. The maximum Gasteiger partial charge on any atom is 0.242 e. The third-order valence-electron chi connectivity index (χ3n) is 4.06. The molecule has 1 saturated heterocycles. The number of rotatable bonds is 2. The van der Waals surface area contributed by atoms with Crippen molar-refractivity contribution in [1.82, 2.24) is 9.47 Å². The van der Waals surface area contributed by atoms with Crippen molar-refractivity contribution in [1.29, 1.82) is 0 Å². The predicted molar refractivity (Wildman–Crippen MR) is 78.5 cm³/mol. The minimum Gasteiger partial charge on any atom is -0.391 e. The third kappa shape index (κ3) is 2.43. The van der Waals surface area contributed by atoms with Crippen molar-refractivity contribution in [3.05, 3.63) is 36.0 Å². The van der Waals surface area contributed by atoms with Gasteiger partial charge in [0.15, 0.2) is 0 Å². The number of β-amino-alcohol motifs (C(OH)–C–C–N with tert-alkyl or cyclic N) is 1. The summed E-state index contributed by atoms with van der Waals surface area (Å²) in [6.07, 6.45) is 1.32. The normalized spacial score (nSPS) is 19.5. The second kappa shape index (κ2) is 5.29. The Balaban J connectivity index is 1.82. The molecule has 0 bridgehead atoms. The molecule has 3 rings (SSSR count). The third-order valence-corrected chi connectivity index (χ3v) is 4.06. The summed E-state index contributed by atoms with van der Waals surface area (Å²) in [7, 11) is 0. The van der Waals surface area contributed by atoms with E-state index < -0.39 is 0 Å². The second-order valence-electron chi connectivity index (χ2n) is 5.57. The number of hydrogen-bond acceptors (Lipinski definition) is 2. The molecule has 4 heteroatoms. The molecule has 106 valence electrons. The summed E-state index contributed by atoms with van der Waals surface area (Å²) in [5.41, 5.74) is 2.19. The number of piperidine rings is 1. The number of para-hydroxylation sites is 1. The highest BCUT2D eigenvalue weighted by atomic mass is 16.3. The number of aromatic nitrogens is 1. The maximum absolute atomic E-state index is 12.4. The second-order valence-corrected chi connectivity index (χ2v) is 5.57. The molecule has 4 nitrogen and oxygen atoms in total. The van der Waals surface area contributed by atoms with Crippen LogP contribution in [-0.4, -0.2) is 39.7 Å². The molecule has 0 aliphatic carbocycles.